The zero-order valence-electron chi connectivity index (χ0n) is 10.9. The van der Waals surface area contributed by atoms with Crippen molar-refractivity contribution in [3.63, 3.8) is 0 Å². The van der Waals surface area contributed by atoms with E-state index in [0.717, 1.165) is 12.1 Å². The lowest BCUT2D eigenvalue weighted by Gasteiger charge is -2.37. The summed E-state index contributed by atoms with van der Waals surface area (Å²) in [5, 5.41) is 5.16. The summed E-state index contributed by atoms with van der Waals surface area (Å²) in [5.41, 5.74) is 6.94. The maximum Gasteiger partial charge on any atom is 0.238 e. The van der Waals surface area contributed by atoms with E-state index in [1.807, 2.05) is 0 Å². The van der Waals surface area contributed by atoms with E-state index in [0.29, 0.717) is 25.4 Å². The standard InChI is InChI=1S/C12H19N3O3S/c1-2-10-8-18-4-3-15(10)11-5-9(13)6-12(7-11)19(14,16)17/h5-7,10H,2-4,8,13H2,1H3,(H2,14,16,17). The zero-order chi connectivity index (χ0) is 14.0. The molecule has 19 heavy (non-hydrogen) atoms. The van der Waals surface area contributed by atoms with E-state index >= 15 is 0 Å². The molecule has 0 amide bonds. The molecule has 1 aromatic carbocycles. The van der Waals surface area contributed by atoms with Gasteiger partial charge in [0.05, 0.1) is 24.2 Å². The van der Waals surface area contributed by atoms with Crippen LogP contribution in [0, 0.1) is 0 Å². The second kappa shape index (κ2) is 5.36. The average molecular weight is 285 g/mol. The number of rotatable bonds is 3. The number of nitrogen functional groups attached to an aromatic ring is 1. The van der Waals surface area contributed by atoms with E-state index in [1.54, 1.807) is 12.1 Å². The van der Waals surface area contributed by atoms with Crippen molar-refractivity contribution in [1.29, 1.82) is 0 Å². The third kappa shape index (κ3) is 3.17. The molecule has 1 heterocycles. The predicted octanol–water partition coefficient (Wildman–Crippen LogP) is 0.531. The Labute approximate surface area is 113 Å². The summed E-state index contributed by atoms with van der Waals surface area (Å²) >= 11 is 0. The normalized spacial score (nSPS) is 20.5. The number of primary sulfonamides is 1. The minimum atomic E-state index is -3.75. The maximum atomic E-state index is 11.5. The highest BCUT2D eigenvalue weighted by Crippen LogP contribution is 2.26. The molecular weight excluding hydrogens is 266 g/mol. The van der Waals surface area contributed by atoms with Gasteiger partial charge in [0.25, 0.3) is 0 Å². The van der Waals surface area contributed by atoms with E-state index in [1.165, 1.54) is 6.07 Å². The average Bonchev–Trinajstić information content (AvgIpc) is 2.37. The lowest BCUT2D eigenvalue weighted by Crippen LogP contribution is -2.45. The monoisotopic (exact) mass is 285 g/mol. The van der Waals surface area contributed by atoms with Crippen molar-refractivity contribution in [2.45, 2.75) is 24.3 Å². The van der Waals surface area contributed by atoms with Crippen molar-refractivity contribution in [1.82, 2.24) is 0 Å². The molecule has 1 aromatic rings. The molecule has 1 saturated heterocycles. The van der Waals surface area contributed by atoms with Gasteiger partial charge in [-0.1, -0.05) is 6.92 Å². The summed E-state index contributed by atoms with van der Waals surface area (Å²) in [7, 11) is -3.75. The zero-order valence-corrected chi connectivity index (χ0v) is 11.7. The molecule has 0 spiro atoms. The Balaban J connectivity index is 2.41. The number of morpholine rings is 1. The highest BCUT2D eigenvalue weighted by atomic mass is 32.2. The Morgan fingerprint density at radius 2 is 2.16 bits per heavy atom. The van der Waals surface area contributed by atoms with Gasteiger partial charge in [-0.15, -0.1) is 0 Å². The van der Waals surface area contributed by atoms with Crippen LogP contribution in [0.15, 0.2) is 23.1 Å². The van der Waals surface area contributed by atoms with Crippen molar-refractivity contribution >= 4 is 21.4 Å². The van der Waals surface area contributed by atoms with Crippen molar-refractivity contribution in [2.24, 2.45) is 5.14 Å². The van der Waals surface area contributed by atoms with Crippen LogP contribution >= 0.6 is 0 Å². The van der Waals surface area contributed by atoms with Gasteiger partial charge in [-0.25, -0.2) is 13.6 Å². The SMILES string of the molecule is CCC1COCCN1c1cc(N)cc(S(N)(=O)=O)c1. The molecule has 1 aliphatic heterocycles. The fourth-order valence-electron chi connectivity index (χ4n) is 2.27. The molecule has 1 aliphatic rings. The molecule has 0 aromatic heterocycles. The summed E-state index contributed by atoms with van der Waals surface area (Å²) in [6.07, 6.45) is 0.916. The summed E-state index contributed by atoms with van der Waals surface area (Å²) in [5.74, 6) is 0. The molecule has 6 nitrogen and oxygen atoms in total. The van der Waals surface area contributed by atoms with Crippen LogP contribution < -0.4 is 15.8 Å². The van der Waals surface area contributed by atoms with Crippen LogP contribution in [0.25, 0.3) is 0 Å². The highest BCUT2D eigenvalue weighted by Gasteiger charge is 2.23. The predicted molar refractivity (Wildman–Crippen MR) is 74.5 cm³/mol. The lowest BCUT2D eigenvalue weighted by molar-refractivity contribution is 0.0930. The van der Waals surface area contributed by atoms with Gasteiger partial charge in [-0.3, -0.25) is 0 Å². The first-order chi connectivity index (χ1) is 8.91. The van der Waals surface area contributed by atoms with Gasteiger partial charge in [0.15, 0.2) is 0 Å². The first kappa shape index (κ1) is 14.1. The van der Waals surface area contributed by atoms with Crippen LogP contribution in [0.3, 0.4) is 0 Å². The number of sulfonamides is 1. The van der Waals surface area contributed by atoms with Gasteiger partial charge >= 0.3 is 0 Å². The number of ether oxygens (including phenoxy) is 1. The summed E-state index contributed by atoms with van der Waals surface area (Å²) in [6.45, 7) is 4.04. The second-order valence-electron chi connectivity index (χ2n) is 4.64. The number of hydrogen-bond donors (Lipinski definition) is 2. The number of benzene rings is 1. The maximum absolute atomic E-state index is 11.5. The molecule has 106 valence electrons. The molecule has 7 heteroatoms. The van der Waals surface area contributed by atoms with Crippen LogP contribution in [0.2, 0.25) is 0 Å². The van der Waals surface area contributed by atoms with Gasteiger partial charge in [-0.05, 0) is 24.6 Å². The Morgan fingerprint density at radius 3 is 2.79 bits per heavy atom. The van der Waals surface area contributed by atoms with Crippen molar-refractivity contribution in [3.8, 4) is 0 Å². The minimum absolute atomic E-state index is 0.0452. The topological polar surface area (TPSA) is 98.7 Å². The van der Waals surface area contributed by atoms with E-state index < -0.39 is 10.0 Å². The smallest absolute Gasteiger partial charge is 0.238 e. The first-order valence-electron chi connectivity index (χ1n) is 6.19. The summed E-state index contributed by atoms with van der Waals surface area (Å²) in [6, 6.07) is 4.94. The molecule has 1 unspecified atom stereocenters. The van der Waals surface area contributed by atoms with Crippen LogP contribution in [0.1, 0.15) is 13.3 Å². The molecule has 0 saturated carbocycles. The van der Waals surface area contributed by atoms with Crippen molar-refractivity contribution < 1.29 is 13.2 Å². The summed E-state index contributed by atoms with van der Waals surface area (Å²) < 4.78 is 28.3. The molecule has 1 atom stereocenters. The molecule has 0 aliphatic carbocycles. The summed E-state index contributed by atoms with van der Waals surface area (Å²) in [4.78, 5) is 2.16. The number of hydrogen-bond acceptors (Lipinski definition) is 5. The van der Waals surface area contributed by atoms with Gasteiger partial charge < -0.3 is 15.4 Å². The number of nitrogens with zero attached hydrogens (tertiary/aromatic N) is 1. The fourth-order valence-corrected chi connectivity index (χ4v) is 2.85. The third-order valence-electron chi connectivity index (χ3n) is 3.27. The quantitative estimate of drug-likeness (QED) is 0.789. The Morgan fingerprint density at radius 1 is 1.42 bits per heavy atom. The first-order valence-corrected chi connectivity index (χ1v) is 7.74. The number of anilines is 2. The van der Waals surface area contributed by atoms with E-state index in [2.05, 4.69) is 11.8 Å². The lowest BCUT2D eigenvalue weighted by atomic mass is 10.1. The molecule has 2 rings (SSSR count). The van der Waals surface area contributed by atoms with Crippen molar-refractivity contribution in [2.75, 3.05) is 30.4 Å². The fraction of sp³-hybridized carbons (Fsp3) is 0.500. The molecule has 0 radical (unpaired) electrons. The van der Waals surface area contributed by atoms with Crippen molar-refractivity contribution in [3.05, 3.63) is 18.2 Å². The van der Waals surface area contributed by atoms with E-state index in [9.17, 15) is 8.42 Å². The van der Waals surface area contributed by atoms with E-state index in [4.69, 9.17) is 15.6 Å². The Hall–Kier alpha value is -1.31. The number of nitrogens with two attached hydrogens (primary N) is 2. The van der Waals surface area contributed by atoms with Gasteiger partial charge in [0, 0.05) is 17.9 Å². The highest BCUT2D eigenvalue weighted by molar-refractivity contribution is 7.89. The Kier molecular flexibility index (Phi) is 3.98. The van der Waals surface area contributed by atoms with Gasteiger partial charge in [-0.2, -0.15) is 0 Å². The molecule has 0 bridgehead atoms. The van der Waals surface area contributed by atoms with E-state index in [-0.39, 0.29) is 10.9 Å². The van der Waals surface area contributed by atoms with Gasteiger partial charge in [0.1, 0.15) is 0 Å². The minimum Gasteiger partial charge on any atom is -0.399 e. The molecular formula is C12H19N3O3S. The van der Waals surface area contributed by atoms with Crippen LogP contribution in [0.5, 0.6) is 0 Å². The van der Waals surface area contributed by atoms with Crippen LogP contribution in [-0.2, 0) is 14.8 Å². The Bertz CT molecular complexity index is 559. The van der Waals surface area contributed by atoms with Crippen LogP contribution in [-0.4, -0.2) is 34.2 Å². The third-order valence-corrected chi connectivity index (χ3v) is 4.17. The molecule has 4 N–H and O–H groups in total. The second-order valence-corrected chi connectivity index (χ2v) is 6.20. The largest absolute Gasteiger partial charge is 0.399 e. The molecule has 1 fully saturated rings. The van der Waals surface area contributed by atoms with Gasteiger partial charge in [0.2, 0.25) is 10.0 Å². The van der Waals surface area contributed by atoms with Crippen LogP contribution in [0.4, 0.5) is 11.4 Å².